The number of para-hydroxylation sites is 1. The van der Waals surface area contributed by atoms with Gasteiger partial charge >= 0.3 is 5.97 Å². The molecule has 1 amide bonds. The minimum atomic E-state index is -0.110. The molecule has 1 aromatic carbocycles. The number of carbonyl (C=O) groups excluding carboxylic acids is 2. The number of nitrogens with zero attached hydrogens (tertiary/aromatic N) is 1. The summed E-state index contributed by atoms with van der Waals surface area (Å²) in [5.74, 6) is -0.151. The van der Waals surface area contributed by atoms with Gasteiger partial charge in [-0.05, 0) is 44.9 Å². The van der Waals surface area contributed by atoms with Gasteiger partial charge in [-0.2, -0.15) is 0 Å². The van der Waals surface area contributed by atoms with Gasteiger partial charge in [0, 0.05) is 25.2 Å². The van der Waals surface area contributed by atoms with E-state index >= 15 is 0 Å². The molecule has 134 valence electrons. The van der Waals surface area contributed by atoms with Crippen molar-refractivity contribution >= 4 is 30.0 Å². The van der Waals surface area contributed by atoms with Crippen LogP contribution in [0, 0.1) is 12.8 Å². The summed E-state index contributed by atoms with van der Waals surface area (Å²) in [7, 11) is 0. The molecular formula is C18H27ClN2O3. The zero-order valence-corrected chi connectivity index (χ0v) is 15.2. The molecule has 0 radical (unpaired) electrons. The van der Waals surface area contributed by atoms with Crippen molar-refractivity contribution < 1.29 is 14.3 Å². The number of hydrogen-bond donors (Lipinski definition) is 1. The molecule has 1 N–H and O–H groups in total. The van der Waals surface area contributed by atoms with Crippen LogP contribution >= 0.6 is 12.4 Å². The predicted octanol–water partition coefficient (Wildman–Crippen LogP) is 3.02. The highest BCUT2D eigenvalue weighted by atomic mass is 35.5. The first kappa shape index (κ1) is 20.5. The van der Waals surface area contributed by atoms with Crippen molar-refractivity contribution in [3.8, 4) is 0 Å². The fourth-order valence-corrected chi connectivity index (χ4v) is 2.90. The van der Waals surface area contributed by atoms with E-state index in [1.165, 1.54) is 0 Å². The van der Waals surface area contributed by atoms with Gasteiger partial charge in [0.2, 0.25) is 5.91 Å². The van der Waals surface area contributed by atoms with Crippen molar-refractivity contribution in [1.29, 1.82) is 0 Å². The van der Waals surface area contributed by atoms with Crippen LogP contribution in [0.15, 0.2) is 24.3 Å². The normalized spacial score (nSPS) is 17.7. The largest absolute Gasteiger partial charge is 0.466 e. The standard InChI is InChI=1S/C18H26N2O3.ClH/c1-3-23-18(22)15-8-6-11-20(13-15)12-10-17(21)19-16-9-5-4-7-14(16)2;/h4-5,7,9,15H,3,6,8,10-13H2,1-2H3,(H,19,21);1H. The summed E-state index contributed by atoms with van der Waals surface area (Å²) in [6.45, 7) is 6.53. The van der Waals surface area contributed by atoms with E-state index in [4.69, 9.17) is 4.74 Å². The Morgan fingerprint density at radius 3 is 2.79 bits per heavy atom. The van der Waals surface area contributed by atoms with Crippen molar-refractivity contribution in [1.82, 2.24) is 4.90 Å². The van der Waals surface area contributed by atoms with Gasteiger partial charge in [-0.1, -0.05) is 18.2 Å². The number of aryl methyl sites for hydroxylation is 1. The zero-order valence-electron chi connectivity index (χ0n) is 14.4. The van der Waals surface area contributed by atoms with E-state index in [0.29, 0.717) is 26.1 Å². The number of rotatable bonds is 6. The lowest BCUT2D eigenvalue weighted by Gasteiger charge is -2.31. The second-order valence-corrected chi connectivity index (χ2v) is 6.00. The van der Waals surface area contributed by atoms with Crippen LogP contribution in [0.1, 0.15) is 31.7 Å². The Morgan fingerprint density at radius 1 is 1.33 bits per heavy atom. The highest BCUT2D eigenvalue weighted by Gasteiger charge is 2.26. The molecule has 24 heavy (non-hydrogen) atoms. The number of piperidine rings is 1. The average Bonchev–Trinajstić information content (AvgIpc) is 2.56. The Morgan fingerprint density at radius 2 is 2.08 bits per heavy atom. The molecule has 2 rings (SSSR count). The van der Waals surface area contributed by atoms with Gasteiger partial charge < -0.3 is 15.0 Å². The number of hydrogen-bond acceptors (Lipinski definition) is 4. The van der Waals surface area contributed by atoms with Gasteiger partial charge in [0.25, 0.3) is 0 Å². The van der Waals surface area contributed by atoms with E-state index in [2.05, 4.69) is 10.2 Å². The lowest BCUT2D eigenvalue weighted by atomic mass is 9.98. The van der Waals surface area contributed by atoms with Gasteiger partial charge in [0.15, 0.2) is 0 Å². The Balaban J connectivity index is 0.00000288. The molecule has 6 heteroatoms. The number of likely N-dealkylation sites (tertiary alicyclic amines) is 1. The van der Waals surface area contributed by atoms with Crippen LogP contribution in [0.4, 0.5) is 5.69 Å². The molecular weight excluding hydrogens is 328 g/mol. The van der Waals surface area contributed by atoms with E-state index in [9.17, 15) is 9.59 Å². The van der Waals surface area contributed by atoms with Crippen LogP contribution in [0.2, 0.25) is 0 Å². The van der Waals surface area contributed by atoms with Crippen LogP contribution in [-0.2, 0) is 14.3 Å². The number of ether oxygens (including phenoxy) is 1. The van der Waals surface area contributed by atoms with Gasteiger partial charge in [-0.25, -0.2) is 0 Å². The molecule has 1 saturated heterocycles. The summed E-state index contributed by atoms with van der Waals surface area (Å²) in [6, 6.07) is 7.75. The summed E-state index contributed by atoms with van der Waals surface area (Å²) < 4.78 is 5.10. The predicted molar refractivity (Wildman–Crippen MR) is 97.5 cm³/mol. The van der Waals surface area contributed by atoms with Crippen molar-refractivity contribution in [2.75, 3.05) is 31.6 Å². The molecule has 0 saturated carbocycles. The zero-order chi connectivity index (χ0) is 16.7. The SMILES string of the molecule is CCOC(=O)C1CCCN(CCC(=O)Nc2ccccc2C)C1.Cl. The van der Waals surface area contributed by atoms with Crippen molar-refractivity contribution in [3.63, 3.8) is 0 Å². The molecule has 1 unspecified atom stereocenters. The fourth-order valence-electron chi connectivity index (χ4n) is 2.90. The molecule has 5 nitrogen and oxygen atoms in total. The Kier molecular flexibility index (Phi) is 8.79. The number of esters is 1. The molecule has 0 aromatic heterocycles. The lowest BCUT2D eigenvalue weighted by Crippen LogP contribution is -2.40. The summed E-state index contributed by atoms with van der Waals surface area (Å²) >= 11 is 0. The Labute approximate surface area is 150 Å². The highest BCUT2D eigenvalue weighted by molar-refractivity contribution is 5.91. The summed E-state index contributed by atoms with van der Waals surface area (Å²) in [5.41, 5.74) is 1.92. The third kappa shape index (κ3) is 6.13. The van der Waals surface area contributed by atoms with E-state index in [-0.39, 0.29) is 30.2 Å². The molecule has 0 aliphatic carbocycles. The molecule has 1 heterocycles. The van der Waals surface area contributed by atoms with Crippen molar-refractivity contribution in [2.24, 2.45) is 5.92 Å². The first-order chi connectivity index (χ1) is 11.1. The van der Waals surface area contributed by atoms with Gasteiger partial charge in [-0.3, -0.25) is 9.59 Å². The minimum Gasteiger partial charge on any atom is -0.466 e. The van der Waals surface area contributed by atoms with E-state index in [1.807, 2.05) is 38.1 Å². The number of nitrogens with one attached hydrogen (secondary N) is 1. The number of amides is 1. The van der Waals surface area contributed by atoms with Crippen LogP contribution in [-0.4, -0.2) is 43.0 Å². The first-order valence-electron chi connectivity index (χ1n) is 8.34. The molecule has 1 aromatic rings. The smallest absolute Gasteiger partial charge is 0.310 e. The number of halogens is 1. The molecule has 0 bridgehead atoms. The van der Waals surface area contributed by atoms with Gasteiger partial charge in [-0.15, -0.1) is 12.4 Å². The fraction of sp³-hybridized carbons (Fsp3) is 0.556. The third-order valence-corrected chi connectivity index (χ3v) is 4.20. The van der Waals surface area contributed by atoms with Gasteiger partial charge in [0.1, 0.15) is 0 Å². The van der Waals surface area contributed by atoms with E-state index < -0.39 is 0 Å². The van der Waals surface area contributed by atoms with Crippen molar-refractivity contribution in [2.45, 2.75) is 33.1 Å². The second-order valence-electron chi connectivity index (χ2n) is 6.00. The number of anilines is 1. The highest BCUT2D eigenvalue weighted by Crippen LogP contribution is 2.18. The quantitative estimate of drug-likeness (QED) is 0.798. The topological polar surface area (TPSA) is 58.6 Å². The Bertz CT molecular complexity index is 551. The van der Waals surface area contributed by atoms with Crippen LogP contribution < -0.4 is 5.32 Å². The minimum absolute atomic E-state index is 0. The molecule has 1 aliphatic rings. The maximum atomic E-state index is 12.1. The molecule has 0 spiro atoms. The van der Waals surface area contributed by atoms with E-state index in [0.717, 1.165) is 30.6 Å². The third-order valence-electron chi connectivity index (χ3n) is 4.20. The number of benzene rings is 1. The van der Waals surface area contributed by atoms with Crippen LogP contribution in [0.5, 0.6) is 0 Å². The van der Waals surface area contributed by atoms with Gasteiger partial charge in [0.05, 0.1) is 12.5 Å². The van der Waals surface area contributed by atoms with Crippen LogP contribution in [0.3, 0.4) is 0 Å². The summed E-state index contributed by atoms with van der Waals surface area (Å²) in [5, 5.41) is 2.95. The summed E-state index contributed by atoms with van der Waals surface area (Å²) in [4.78, 5) is 26.1. The maximum absolute atomic E-state index is 12.1. The average molecular weight is 355 g/mol. The van der Waals surface area contributed by atoms with Crippen LogP contribution in [0.25, 0.3) is 0 Å². The van der Waals surface area contributed by atoms with E-state index in [1.54, 1.807) is 0 Å². The molecule has 1 aliphatic heterocycles. The van der Waals surface area contributed by atoms with Crippen molar-refractivity contribution in [3.05, 3.63) is 29.8 Å². The summed E-state index contributed by atoms with van der Waals surface area (Å²) in [6.07, 6.45) is 2.29. The first-order valence-corrected chi connectivity index (χ1v) is 8.34. The Hall–Kier alpha value is -1.59. The number of carbonyl (C=O) groups is 2. The molecule has 1 fully saturated rings. The second kappa shape index (κ2) is 10.3. The molecule has 1 atom stereocenters. The monoisotopic (exact) mass is 354 g/mol. The maximum Gasteiger partial charge on any atom is 0.310 e. The lowest BCUT2D eigenvalue weighted by molar-refractivity contribution is -0.149.